The molecule has 5 nitrogen and oxygen atoms in total. The van der Waals surface area contributed by atoms with E-state index in [1.807, 2.05) is 30.3 Å². The zero-order valence-corrected chi connectivity index (χ0v) is 25.6. The van der Waals surface area contributed by atoms with E-state index in [0.29, 0.717) is 18.8 Å². The van der Waals surface area contributed by atoms with Gasteiger partial charge in [-0.1, -0.05) is 48.4 Å². The SMILES string of the molecule is CC#C[C@@H](CC(=O)O)c1ccc(OCc2ccc3scc(-c4ccc(C5=CCS(=O)(=O)CC5)cc4C)c3c2)cc1.S. The number of carboxylic acid groups (broad SMARTS) is 1. The third kappa shape index (κ3) is 7.23. The Kier molecular flexibility index (Phi) is 9.64. The van der Waals surface area contributed by atoms with Crippen molar-refractivity contribution in [3.63, 3.8) is 0 Å². The van der Waals surface area contributed by atoms with Gasteiger partial charge in [0.25, 0.3) is 0 Å². The Bertz CT molecular complexity index is 1770. The summed E-state index contributed by atoms with van der Waals surface area (Å²) in [5.41, 5.74) is 7.60. The second-order valence-electron chi connectivity index (χ2n) is 10.0. The van der Waals surface area contributed by atoms with E-state index >= 15 is 0 Å². The van der Waals surface area contributed by atoms with Gasteiger partial charge in [0.15, 0.2) is 9.84 Å². The minimum absolute atomic E-state index is 0. The number of aliphatic carboxylic acids is 1. The summed E-state index contributed by atoms with van der Waals surface area (Å²) in [5.74, 6) is 5.61. The molecule has 8 heteroatoms. The van der Waals surface area contributed by atoms with Crippen LogP contribution in [0.1, 0.15) is 47.9 Å². The van der Waals surface area contributed by atoms with Crippen molar-refractivity contribution >= 4 is 56.3 Å². The number of benzene rings is 3. The third-order valence-electron chi connectivity index (χ3n) is 7.18. The van der Waals surface area contributed by atoms with Crippen molar-refractivity contribution in [1.29, 1.82) is 0 Å². The lowest BCUT2D eigenvalue weighted by molar-refractivity contribution is -0.137. The van der Waals surface area contributed by atoms with Gasteiger partial charge >= 0.3 is 5.97 Å². The molecular weight excluding hydrogens is 573 g/mol. The Balaban J connectivity index is 0.00000387. The van der Waals surface area contributed by atoms with Gasteiger partial charge in [0.2, 0.25) is 0 Å². The van der Waals surface area contributed by atoms with Crippen LogP contribution in [-0.4, -0.2) is 31.0 Å². The number of hydrogen-bond donors (Lipinski definition) is 1. The number of rotatable bonds is 8. The summed E-state index contributed by atoms with van der Waals surface area (Å²) < 4.78 is 30.9. The molecule has 1 aromatic heterocycles. The number of fused-ring (bicyclic) bond motifs is 1. The van der Waals surface area contributed by atoms with E-state index in [2.05, 4.69) is 60.5 Å². The Labute approximate surface area is 252 Å². The molecule has 3 aromatic carbocycles. The summed E-state index contributed by atoms with van der Waals surface area (Å²) in [4.78, 5) is 11.2. The number of carboxylic acids is 1. The van der Waals surface area contributed by atoms with Gasteiger partial charge in [0.1, 0.15) is 12.4 Å². The Hall–Kier alpha value is -3.51. The predicted molar refractivity (Wildman–Crippen MR) is 173 cm³/mol. The highest BCUT2D eigenvalue weighted by Crippen LogP contribution is 2.37. The van der Waals surface area contributed by atoms with Crippen LogP contribution in [0.3, 0.4) is 0 Å². The van der Waals surface area contributed by atoms with Gasteiger partial charge < -0.3 is 9.84 Å². The molecule has 0 saturated carbocycles. The monoisotopic (exact) mass is 604 g/mol. The van der Waals surface area contributed by atoms with Gasteiger partial charge in [-0.05, 0) is 83.3 Å². The van der Waals surface area contributed by atoms with Crippen LogP contribution < -0.4 is 4.74 Å². The normalized spacial score (nSPS) is 14.7. The number of ether oxygens (including phenoxy) is 1. The molecule has 0 amide bonds. The third-order valence-corrected chi connectivity index (χ3v) is 9.64. The average molecular weight is 605 g/mol. The number of allylic oxidation sites excluding steroid dienone is 1. The summed E-state index contributed by atoms with van der Waals surface area (Å²) in [6, 6.07) is 20.3. The smallest absolute Gasteiger partial charge is 0.304 e. The Morgan fingerprint density at radius 3 is 2.51 bits per heavy atom. The summed E-state index contributed by atoms with van der Waals surface area (Å²) in [6.07, 6.45) is 2.37. The van der Waals surface area contributed by atoms with Crippen molar-refractivity contribution < 1.29 is 23.1 Å². The lowest BCUT2D eigenvalue weighted by Crippen LogP contribution is -2.14. The number of hydrogen-bond acceptors (Lipinski definition) is 5. The van der Waals surface area contributed by atoms with E-state index in [4.69, 9.17) is 4.74 Å². The van der Waals surface area contributed by atoms with Gasteiger partial charge in [-0.25, -0.2) is 8.42 Å². The van der Waals surface area contributed by atoms with Gasteiger partial charge in [-0.15, -0.1) is 17.3 Å². The first kappa shape index (κ1) is 30.4. The molecule has 1 N–H and O–H groups in total. The summed E-state index contributed by atoms with van der Waals surface area (Å²) in [5, 5.41) is 12.5. The van der Waals surface area contributed by atoms with Crippen LogP contribution in [0.2, 0.25) is 0 Å². The molecule has 5 rings (SSSR count). The lowest BCUT2D eigenvalue weighted by atomic mass is 9.94. The van der Waals surface area contributed by atoms with E-state index < -0.39 is 15.8 Å². The van der Waals surface area contributed by atoms with E-state index in [0.717, 1.165) is 27.8 Å². The number of carbonyl (C=O) groups is 1. The van der Waals surface area contributed by atoms with E-state index in [1.54, 1.807) is 18.3 Å². The summed E-state index contributed by atoms with van der Waals surface area (Å²) in [7, 11) is -2.95. The second kappa shape index (κ2) is 13.0. The first-order valence-electron chi connectivity index (χ1n) is 13.1. The van der Waals surface area contributed by atoms with Crippen LogP contribution in [0, 0.1) is 18.8 Å². The number of sulfone groups is 1. The van der Waals surface area contributed by atoms with Crippen LogP contribution >= 0.6 is 24.8 Å². The maximum atomic E-state index is 11.8. The van der Waals surface area contributed by atoms with Gasteiger partial charge in [-0.2, -0.15) is 13.5 Å². The van der Waals surface area contributed by atoms with E-state index in [9.17, 15) is 18.3 Å². The van der Waals surface area contributed by atoms with Gasteiger partial charge in [-0.3, -0.25) is 4.79 Å². The fourth-order valence-corrected chi connectivity index (χ4v) is 7.14. The van der Waals surface area contributed by atoms with Crippen molar-refractivity contribution in [1.82, 2.24) is 0 Å². The molecule has 1 atom stereocenters. The topological polar surface area (TPSA) is 80.7 Å². The average Bonchev–Trinajstić information content (AvgIpc) is 3.35. The second-order valence-corrected chi connectivity index (χ2v) is 13.1. The van der Waals surface area contributed by atoms with Crippen molar-refractivity contribution in [3.05, 3.63) is 94.4 Å². The van der Waals surface area contributed by atoms with Crippen LogP contribution in [0.5, 0.6) is 5.75 Å². The number of aryl methyl sites for hydroxylation is 1. The fourth-order valence-electron chi connectivity index (χ4n) is 5.04. The first-order chi connectivity index (χ1) is 19.2. The predicted octanol–water partition coefficient (Wildman–Crippen LogP) is 7.35. The minimum Gasteiger partial charge on any atom is -0.489 e. The molecule has 0 radical (unpaired) electrons. The van der Waals surface area contributed by atoms with Crippen LogP contribution in [0.25, 0.3) is 26.8 Å². The first-order valence-corrected chi connectivity index (χ1v) is 15.8. The van der Waals surface area contributed by atoms with Crippen LogP contribution in [0.15, 0.2) is 72.1 Å². The van der Waals surface area contributed by atoms with Crippen molar-refractivity contribution in [2.24, 2.45) is 0 Å². The largest absolute Gasteiger partial charge is 0.489 e. The van der Waals surface area contributed by atoms with Crippen molar-refractivity contribution in [2.75, 3.05) is 11.5 Å². The van der Waals surface area contributed by atoms with Gasteiger partial charge in [0, 0.05) is 15.6 Å². The zero-order valence-electron chi connectivity index (χ0n) is 22.9. The van der Waals surface area contributed by atoms with Crippen LogP contribution in [0.4, 0.5) is 0 Å². The molecular formula is C33H32O5S3. The summed E-state index contributed by atoms with van der Waals surface area (Å²) in [6.45, 7) is 4.23. The molecule has 1 aliphatic heterocycles. The molecule has 2 heterocycles. The molecule has 0 spiro atoms. The minimum atomic E-state index is -2.95. The molecule has 0 saturated heterocycles. The lowest BCUT2D eigenvalue weighted by Gasteiger charge is -2.15. The maximum Gasteiger partial charge on any atom is 0.304 e. The molecule has 0 unspecified atom stereocenters. The quantitative estimate of drug-likeness (QED) is 0.213. The van der Waals surface area contributed by atoms with Gasteiger partial charge in [0.05, 0.1) is 23.8 Å². The van der Waals surface area contributed by atoms with E-state index in [-0.39, 0.29) is 37.3 Å². The van der Waals surface area contributed by atoms with Crippen LogP contribution in [-0.2, 0) is 21.2 Å². The van der Waals surface area contributed by atoms with Crippen molar-refractivity contribution in [3.8, 4) is 28.7 Å². The standard InChI is InChI=1S/C33H30O5S2.H2S/c1-3-4-26(19-33(34)35)24-6-9-28(10-7-24)38-20-23-5-12-32-30(18-23)31(21-39-32)29-11-8-27(17-22(29)2)25-13-15-40(36,37)16-14-25;/h5-13,17-18,21,26H,14-16,19-20H2,1-2H3,(H,34,35);1H2/t26-;/m0./s1. The zero-order chi connectivity index (χ0) is 28.3. The highest BCUT2D eigenvalue weighted by molar-refractivity contribution is 7.91. The molecule has 1 aliphatic rings. The molecule has 4 aromatic rings. The van der Waals surface area contributed by atoms with E-state index in [1.165, 1.54) is 21.2 Å². The fraction of sp³-hybridized carbons (Fsp3) is 0.242. The molecule has 0 aliphatic carbocycles. The maximum absolute atomic E-state index is 11.8. The highest BCUT2D eigenvalue weighted by atomic mass is 32.2. The molecule has 41 heavy (non-hydrogen) atoms. The molecule has 212 valence electrons. The molecule has 0 fully saturated rings. The van der Waals surface area contributed by atoms with Crippen molar-refractivity contribution in [2.45, 2.75) is 39.2 Å². The Morgan fingerprint density at radius 2 is 1.85 bits per heavy atom. The highest BCUT2D eigenvalue weighted by Gasteiger charge is 2.18. The Morgan fingerprint density at radius 1 is 1.07 bits per heavy atom. The number of thiophene rings is 1. The summed E-state index contributed by atoms with van der Waals surface area (Å²) >= 11 is 1.71. The molecule has 0 bridgehead atoms.